The number of halogens is 21. The van der Waals surface area contributed by atoms with Crippen molar-refractivity contribution in [3.8, 4) is 0 Å². The minimum absolute atomic E-state index is 0.675. The molecule has 0 unspecified atom stereocenters. The van der Waals surface area contributed by atoms with E-state index in [1.807, 2.05) is 0 Å². The standard InChI is InChI=1S/C12H7Cl2F19Si/c1-34(13,14)3-2-4(15,16)5(17,18)6(19,20)7(21,22)8(23,24)9(25,26)10(27,28)11(29,30)12(31,32)33/h2-3H2,1H3. The molecule has 0 fully saturated rings. The molecule has 0 radical (unpaired) electrons. The first kappa shape index (κ1) is 33.5. The van der Waals surface area contributed by atoms with Crippen molar-refractivity contribution in [1.82, 2.24) is 0 Å². The minimum Gasteiger partial charge on any atom is -0.200 e. The van der Waals surface area contributed by atoms with Crippen molar-refractivity contribution in [3.05, 3.63) is 0 Å². The van der Waals surface area contributed by atoms with E-state index in [1.54, 1.807) is 0 Å². The van der Waals surface area contributed by atoms with Gasteiger partial charge in [0, 0.05) is 6.42 Å². The summed E-state index contributed by atoms with van der Waals surface area (Å²) in [7, 11) is 0. The third kappa shape index (κ3) is 4.74. The van der Waals surface area contributed by atoms with Crippen molar-refractivity contribution in [2.45, 2.75) is 72.6 Å². The van der Waals surface area contributed by atoms with E-state index < -0.39 is 72.7 Å². The summed E-state index contributed by atoms with van der Waals surface area (Å²) in [5.74, 6) is -66.4. The SMILES string of the molecule is C[Si](Cl)(Cl)CCC(F)(F)C(F)(F)C(F)(F)C(F)(F)C(F)(F)C(F)(F)C(F)(F)C(F)(F)C(F)(F)F. The molecule has 0 heterocycles. The molecule has 0 N–H and O–H groups in total. The number of alkyl halides is 19. The summed E-state index contributed by atoms with van der Waals surface area (Å²) in [6, 6.07) is -1.55. The van der Waals surface area contributed by atoms with Crippen LogP contribution in [0.2, 0.25) is 12.6 Å². The lowest BCUT2D eigenvalue weighted by atomic mass is 9.87. The lowest BCUT2D eigenvalue weighted by Gasteiger charge is -2.43. The van der Waals surface area contributed by atoms with E-state index in [0.717, 1.165) is 0 Å². The summed E-state index contributed by atoms with van der Waals surface area (Å²) in [5.41, 5.74) is 0. The van der Waals surface area contributed by atoms with Crippen molar-refractivity contribution in [2.75, 3.05) is 0 Å². The highest BCUT2D eigenvalue weighted by Crippen LogP contribution is 2.65. The Bertz CT molecular complexity index is 735. The average molecular weight is 611 g/mol. The number of rotatable bonds is 10. The second-order valence-corrected chi connectivity index (χ2v) is 15.0. The summed E-state index contributed by atoms with van der Waals surface area (Å²) < 4.78 is 249. The molecule has 0 aromatic rings. The predicted octanol–water partition coefficient (Wildman–Crippen LogP) is 8.57. The average Bonchev–Trinajstić information content (AvgIpc) is 2.57. The highest BCUT2D eigenvalue weighted by Gasteiger charge is 2.96. The molecule has 0 aromatic heterocycles. The van der Waals surface area contributed by atoms with E-state index in [4.69, 9.17) is 22.2 Å². The van der Waals surface area contributed by atoms with Crippen molar-refractivity contribution in [3.63, 3.8) is 0 Å². The van der Waals surface area contributed by atoms with Gasteiger partial charge in [-0.1, -0.05) is 0 Å². The van der Waals surface area contributed by atoms with Crippen LogP contribution in [0, 0.1) is 0 Å². The van der Waals surface area contributed by atoms with Crippen LogP contribution in [0.5, 0.6) is 0 Å². The molecule has 0 aliphatic rings. The summed E-state index contributed by atoms with van der Waals surface area (Å²) in [6.45, 7) is -3.26. The van der Waals surface area contributed by atoms with Crippen LogP contribution in [0.25, 0.3) is 0 Å². The Morgan fingerprint density at radius 2 is 0.676 bits per heavy atom. The first-order valence-electron chi connectivity index (χ1n) is 7.68. The summed E-state index contributed by atoms with van der Waals surface area (Å²) in [4.78, 5) is 0. The molecule has 0 bridgehead atoms. The Balaban J connectivity index is 6.77. The molecule has 0 spiro atoms. The zero-order chi connectivity index (χ0) is 28.4. The molecule has 22 heteroatoms. The van der Waals surface area contributed by atoms with E-state index >= 15 is 0 Å². The lowest BCUT2D eigenvalue weighted by Crippen LogP contribution is -2.75. The van der Waals surface area contributed by atoms with Gasteiger partial charge < -0.3 is 0 Å². The van der Waals surface area contributed by atoms with Crippen LogP contribution >= 0.6 is 22.2 Å². The van der Waals surface area contributed by atoms with Crippen LogP contribution in [-0.2, 0) is 0 Å². The van der Waals surface area contributed by atoms with Crippen LogP contribution in [0.4, 0.5) is 83.4 Å². The molecule has 0 rings (SSSR count). The molecule has 0 nitrogen and oxygen atoms in total. The summed E-state index contributed by atoms with van der Waals surface area (Å²) >= 11 is 10.4. The molecule has 34 heavy (non-hydrogen) atoms. The first-order valence-corrected chi connectivity index (χ1v) is 12.4. The maximum absolute atomic E-state index is 13.5. The van der Waals surface area contributed by atoms with Gasteiger partial charge in [0.15, 0.2) is 0 Å². The highest BCUT2D eigenvalue weighted by atomic mass is 35.7. The zero-order valence-electron chi connectivity index (χ0n) is 15.4. The number of hydrogen-bond acceptors (Lipinski definition) is 0. The van der Waals surface area contributed by atoms with Gasteiger partial charge in [0.2, 0.25) is 6.69 Å². The fourth-order valence-corrected chi connectivity index (χ4v) is 3.25. The van der Waals surface area contributed by atoms with Gasteiger partial charge in [0.1, 0.15) is 0 Å². The maximum atomic E-state index is 13.5. The third-order valence-electron chi connectivity index (χ3n) is 4.06. The Hall–Kier alpha value is -0.533. The fourth-order valence-electron chi connectivity index (χ4n) is 1.93. The maximum Gasteiger partial charge on any atom is 0.460 e. The van der Waals surface area contributed by atoms with E-state index in [2.05, 4.69) is 0 Å². The van der Waals surface area contributed by atoms with Gasteiger partial charge in [0.25, 0.3) is 0 Å². The van der Waals surface area contributed by atoms with E-state index in [1.165, 1.54) is 0 Å². The van der Waals surface area contributed by atoms with Gasteiger partial charge in [-0.05, 0) is 12.6 Å². The van der Waals surface area contributed by atoms with E-state index in [9.17, 15) is 83.4 Å². The summed E-state index contributed by atoms with van der Waals surface area (Å²) in [6.07, 6.45) is -10.6. The molecular weight excluding hydrogens is 604 g/mol. The van der Waals surface area contributed by atoms with E-state index in [-0.39, 0.29) is 0 Å². The smallest absolute Gasteiger partial charge is 0.200 e. The van der Waals surface area contributed by atoms with Gasteiger partial charge >= 0.3 is 53.6 Å². The van der Waals surface area contributed by atoms with Gasteiger partial charge in [-0.25, -0.2) is 0 Å². The molecule has 0 aliphatic heterocycles. The molecule has 0 saturated heterocycles. The van der Waals surface area contributed by atoms with E-state index in [0.29, 0.717) is 6.55 Å². The Morgan fingerprint density at radius 3 is 0.912 bits per heavy atom. The van der Waals surface area contributed by atoms with Gasteiger partial charge in [-0.2, -0.15) is 83.4 Å². The van der Waals surface area contributed by atoms with Gasteiger partial charge in [-0.3, -0.25) is 0 Å². The fraction of sp³-hybridized carbons (Fsp3) is 1.00. The normalized spacial score (nSPS) is 16.8. The molecule has 0 amide bonds. The molecular formula is C12H7Cl2F19Si. The van der Waals surface area contributed by atoms with Crippen LogP contribution in [0.15, 0.2) is 0 Å². The van der Waals surface area contributed by atoms with Crippen molar-refractivity contribution in [1.29, 1.82) is 0 Å². The second-order valence-electron chi connectivity index (χ2n) is 6.79. The van der Waals surface area contributed by atoms with Crippen LogP contribution < -0.4 is 0 Å². The largest absolute Gasteiger partial charge is 0.460 e. The Morgan fingerprint density at radius 1 is 0.441 bits per heavy atom. The molecule has 0 aliphatic carbocycles. The first-order chi connectivity index (χ1) is 14.2. The van der Waals surface area contributed by atoms with Crippen molar-refractivity contribution in [2.24, 2.45) is 0 Å². The molecule has 0 saturated carbocycles. The van der Waals surface area contributed by atoms with Gasteiger partial charge in [-0.15, -0.1) is 22.2 Å². The quantitative estimate of drug-likeness (QED) is 0.132. The number of hydrogen-bond donors (Lipinski definition) is 0. The Kier molecular flexibility index (Phi) is 8.38. The minimum atomic E-state index is -8.91. The van der Waals surface area contributed by atoms with Crippen LogP contribution in [0.1, 0.15) is 6.42 Å². The van der Waals surface area contributed by atoms with Gasteiger partial charge in [0.05, 0.1) is 0 Å². The van der Waals surface area contributed by atoms with Crippen LogP contribution in [0.3, 0.4) is 0 Å². The molecule has 0 atom stereocenters. The third-order valence-corrected chi connectivity index (χ3v) is 6.32. The van der Waals surface area contributed by atoms with Crippen molar-refractivity contribution < 1.29 is 83.4 Å². The highest BCUT2D eigenvalue weighted by molar-refractivity contribution is 7.44. The Labute approximate surface area is 185 Å². The lowest BCUT2D eigenvalue weighted by molar-refractivity contribution is -0.468. The molecule has 0 aromatic carbocycles. The predicted molar refractivity (Wildman–Crippen MR) is 78.4 cm³/mol. The summed E-state index contributed by atoms with van der Waals surface area (Å²) in [5, 5.41) is 0. The monoisotopic (exact) mass is 610 g/mol. The van der Waals surface area contributed by atoms with Crippen LogP contribution in [-0.4, -0.2) is 60.2 Å². The van der Waals surface area contributed by atoms with Crippen molar-refractivity contribution >= 4 is 28.9 Å². The second kappa shape index (κ2) is 8.51. The molecule has 206 valence electrons. The topological polar surface area (TPSA) is 0 Å². The zero-order valence-corrected chi connectivity index (χ0v) is 17.9.